The van der Waals surface area contributed by atoms with Crippen LogP contribution in [0.5, 0.6) is 0 Å². The van der Waals surface area contributed by atoms with Crippen LogP contribution >= 0.6 is 7.82 Å². The average Bonchev–Trinajstić information content (AvgIpc) is 2.96. The van der Waals surface area contributed by atoms with E-state index in [4.69, 9.17) is 24.4 Å². The Morgan fingerprint density at radius 3 is 2.00 bits per heavy atom. The van der Waals surface area contributed by atoms with Gasteiger partial charge in [0.25, 0.3) is 5.76 Å². The Labute approximate surface area is 172 Å². The molecule has 0 bridgehead atoms. The number of aliphatic hydroxyl groups is 2. The van der Waals surface area contributed by atoms with Gasteiger partial charge < -0.3 is 24.2 Å². The van der Waals surface area contributed by atoms with Crippen LogP contribution in [-0.4, -0.2) is 51.4 Å². The van der Waals surface area contributed by atoms with Gasteiger partial charge in [-0.2, -0.15) is 0 Å². The van der Waals surface area contributed by atoms with Gasteiger partial charge in [0.2, 0.25) is 0 Å². The summed E-state index contributed by atoms with van der Waals surface area (Å²) < 4.78 is 25.7. The number of carbonyl (C=O) groups excluding carboxylic acids is 1. The van der Waals surface area contributed by atoms with Gasteiger partial charge in [-0.1, -0.05) is 71.1 Å². The third-order valence-electron chi connectivity index (χ3n) is 4.65. The molecule has 0 aromatic carbocycles. The summed E-state index contributed by atoms with van der Waals surface area (Å²) in [6.45, 7) is 1.66. The van der Waals surface area contributed by atoms with Gasteiger partial charge in [-0.25, -0.2) is 9.36 Å². The highest BCUT2D eigenvalue weighted by molar-refractivity contribution is 7.46. The smallest absolute Gasteiger partial charge is 0.490 e. The number of hydrogen-bond acceptors (Lipinski definition) is 7. The number of hydrogen-bond donors (Lipinski definition) is 4. The van der Waals surface area contributed by atoms with Gasteiger partial charge in [-0.3, -0.25) is 9.79 Å². The summed E-state index contributed by atoms with van der Waals surface area (Å²) in [6.07, 6.45) is 9.82. The van der Waals surface area contributed by atoms with E-state index in [9.17, 15) is 14.5 Å². The molecule has 29 heavy (non-hydrogen) atoms. The Kier molecular flexibility index (Phi) is 12.5. The Morgan fingerprint density at radius 2 is 1.52 bits per heavy atom. The number of phosphoric acid groups is 1. The van der Waals surface area contributed by atoms with E-state index in [-0.39, 0.29) is 12.4 Å². The lowest BCUT2D eigenvalue weighted by atomic mass is 10.1. The van der Waals surface area contributed by atoms with Crippen LogP contribution in [0.1, 0.15) is 77.6 Å². The maximum absolute atomic E-state index is 11.8. The maximum Gasteiger partial charge on any atom is 0.525 e. The zero-order chi connectivity index (χ0) is 21.7. The molecule has 1 aliphatic rings. The van der Waals surface area contributed by atoms with Gasteiger partial charge in [0.1, 0.15) is 6.10 Å². The Bertz CT molecular complexity index is 558. The third-order valence-corrected chi connectivity index (χ3v) is 5.07. The molecular formula is C19H35O9P. The minimum Gasteiger partial charge on any atom is -0.490 e. The lowest BCUT2D eigenvalue weighted by Gasteiger charge is -2.18. The van der Waals surface area contributed by atoms with Crippen LogP contribution in [0.3, 0.4) is 0 Å². The highest BCUT2D eigenvalue weighted by atomic mass is 31.2. The second-order valence-corrected chi connectivity index (χ2v) is 8.40. The fourth-order valence-electron chi connectivity index (χ4n) is 3.10. The summed E-state index contributed by atoms with van der Waals surface area (Å²) in [7, 11) is -5.01. The summed E-state index contributed by atoms with van der Waals surface area (Å²) >= 11 is 0. The van der Waals surface area contributed by atoms with Crippen molar-refractivity contribution >= 4 is 13.8 Å². The number of rotatable bonds is 17. The standard InChI is InChI=1S/C19H35O9P/c1-2-3-4-5-6-7-8-9-10-11-12-13-26-17-16(15(21)14-20)27-19(22)18(17)28-29(23,24)25/h15-16,20-21H,2-14H2,1H3,(H2,23,24,25)/t15-,16+/m0/s1. The monoisotopic (exact) mass is 438 g/mol. The molecule has 170 valence electrons. The topological polar surface area (TPSA) is 143 Å². The van der Waals surface area contributed by atoms with Crippen LogP contribution in [-0.2, 0) is 23.4 Å². The van der Waals surface area contributed by atoms with Crippen LogP contribution in [0, 0.1) is 0 Å². The van der Waals surface area contributed by atoms with E-state index < -0.39 is 38.4 Å². The van der Waals surface area contributed by atoms with Crippen molar-refractivity contribution in [1.82, 2.24) is 0 Å². The Hall–Kier alpha value is -1.12. The molecule has 1 aliphatic heterocycles. The molecule has 0 radical (unpaired) electrons. The molecule has 9 nitrogen and oxygen atoms in total. The number of carbonyl (C=O) groups is 1. The van der Waals surface area contributed by atoms with E-state index >= 15 is 0 Å². The predicted octanol–water partition coefficient (Wildman–Crippen LogP) is 2.91. The first-order chi connectivity index (χ1) is 13.8. The molecule has 1 rings (SSSR count). The fourth-order valence-corrected chi connectivity index (χ4v) is 3.50. The molecule has 0 spiro atoms. The zero-order valence-electron chi connectivity index (χ0n) is 17.1. The van der Waals surface area contributed by atoms with E-state index in [1.54, 1.807) is 0 Å². The first-order valence-corrected chi connectivity index (χ1v) is 11.9. The molecule has 10 heteroatoms. The van der Waals surface area contributed by atoms with Crippen molar-refractivity contribution in [2.75, 3.05) is 13.2 Å². The first-order valence-electron chi connectivity index (χ1n) is 10.4. The van der Waals surface area contributed by atoms with Crippen molar-refractivity contribution in [3.8, 4) is 0 Å². The number of phosphoric ester groups is 1. The first kappa shape index (κ1) is 25.9. The molecule has 0 amide bonds. The van der Waals surface area contributed by atoms with Gasteiger partial charge in [0.05, 0.1) is 13.2 Å². The van der Waals surface area contributed by atoms with Crippen LogP contribution in [0.25, 0.3) is 0 Å². The van der Waals surface area contributed by atoms with Crippen molar-refractivity contribution < 1.29 is 43.4 Å². The van der Waals surface area contributed by atoms with Crippen LogP contribution in [0.2, 0.25) is 0 Å². The van der Waals surface area contributed by atoms with E-state index in [2.05, 4.69) is 11.4 Å². The fraction of sp³-hybridized carbons (Fsp3) is 0.842. The van der Waals surface area contributed by atoms with Crippen LogP contribution in [0.4, 0.5) is 0 Å². The number of aliphatic hydroxyl groups excluding tert-OH is 2. The van der Waals surface area contributed by atoms with Crippen molar-refractivity contribution in [3.05, 3.63) is 11.5 Å². The highest BCUT2D eigenvalue weighted by Crippen LogP contribution is 2.42. The predicted molar refractivity (Wildman–Crippen MR) is 106 cm³/mol. The van der Waals surface area contributed by atoms with E-state index in [1.807, 2.05) is 0 Å². The highest BCUT2D eigenvalue weighted by Gasteiger charge is 2.44. The van der Waals surface area contributed by atoms with Crippen LogP contribution in [0.15, 0.2) is 11.5 Å². The largest absolute Gasteiger partial charge is 0.525 e. The summed E-state index contributed by atoms with van der Waals surface area (Å²) in [5, 5.41) is 18.8. The summed E-state index contributed by atoms with van der Waals surface area (Å²) in [6, 6.07) is 0. The minimum absolute atomic E-state index is 0.172. The molecule has 2 atom stereocenters. The molecule has 0 aliphatic carbocycles. The van der Waals surface area contributed by atoms with E-state index in [0.717, 1.165) is 19.3 Å². The molecule has 0 aromatic rings. The molecule has 0 aromatic heterocycles. The lowest BCUT2D eigenvalue weighted by Crippen LogP contribution is -2.32. The molecular weight excluding hydrogens is 403 g/mol. The molecule has 0 unspecified atom stereocenters. The molecule has 1 heterocycles. The molecule has 0 saturated heterocycles. The number of cyclic esters (lactones) is 1. The minimum atomic E-state index is -5.01. The lowest BCUT2D eigenvalue weighted by molar-refractivity contribution is -0.148. The van der Waals surface area contributed by atoms with Gasteiger partial charge >= 0.3 is 13.8 Å². The summed E-state index contributed by atoms with van der Waals surface area (Å²) in [5.41, 5.74) is 0. The van der Waals surface area contributed by atoms with Crippen molar-refractivity contribution in [3.63, 3.8) is 0 Å². The van der Waals surface area contributed by atoms with Crippen molar-refractivity contribution in [2.45, 2.75) is 89.8 Å². The van der Waals surface area contributed by atoms with Crippen LogP contribution < -0.4 is 0 Å². The number of ether oxygens (including phenoxy) is 2. The molecule has 0 saturated carbocycles. The van der Waals surface area contributed by atoms with Gasteiger partial charge in [-0.05, 0) is 6.42 Å². The van der Waals surface area contributed by atoms with Gasteiger partial charge in [-0.15, -0.1) is 0 Å². The Balaban J connectivity index is 2.34. The third kappa shape index (κ3) is 10.5. The Morgan fingerprint density at radius 1 is 1.00 bits per heavy atom. The quantitative estimate of drug-likeness (QED) is 0.153. The SMILES string of the molecule is CCCCCCCCCCCCCOC1=C(OP(=O)(O)O)C(=O)O[C@@H]1[C@@H](O)CO. The second kappa shape index (κ2) is 14.0. The summed E-state index contributed by atoms with van der Waals surface area (Å²) in [5.74, 6) is -2.22. The zero-order valence-corrected chi connectivity index (χ0v) is 18.0. The number of unbranched alkanes of at least 4 members (excludes halogenated alkanes) is 10. The van der Waals surface area contributed by atoms with E-state index in [0.29, 0.717) is 6.42 Å². The van der Waals surface area contributed by atoms with Crippen molar-refractivity contribution in [2.24, 2.45) is 0 Å². The van der Waals surface area contributed by atoms with Gasteiger partial charge in [0.15, 0.2) is 11.9 Å². The average molecular weight is 438 g/mol. The maximum atomic E-state index is 11.8. The normalized spacial score (nSPS) is 18.1. The van der Waals surface area contributed by atoms with E-state index in [1.165, 1.54) is 44.9 Å². The molecule has 0 fully saturated rings. The number of esters is 1. The molecule has 4 N–H and O–H groups in total. The van der Waals surface area contributed by atoms with Gasteiger partial charge in [0, 0.05) is 0 Å². The second-order valence-electron chi connectivity index (χ2n) is 7.24. The summed E-state index contributed by atoms with van der Waals surface area (Å²) in [4.78, 5) is 29.7. The van der Waals surface area contributed by atoms with Crippen molar-refractivity contribution in [1.29, 1.82) is 0 Å².